The van der Waals surface area contributed by atoms with Crippen LogP contribution >= 0.6 is 15.9 Å². The summed E-state index contributed by atoms with van der Waals surface area (Å²) in [6.07, 6.45) is 4.28. The summed E-state index contributed by atoms with van der Waals surface area (Å²) in [7, 11) is 0. The van der Waals surface area contributed by atoms with Crippen LogP contribution in [0.2, 0.25) is 0 Å². The molecule has 0 aliphatic carbocycles. The molecule has 0 atom stereocenters. The lowest BCUT2D eigenvalue weighted by atomic mass is 10.4. The molecule has 0 bridgehead atoms. The minimum absolute atomic E-state index is 0.143. The van der Waals surface area contributed by atoms with Crippen LogP contribution in [0.15, 0.2) is 28.1 Å². The minimum Gasteiger partial charge on any atom is -0.383 e. The molecule has 1 N–H and O–H groups in total. The van der Waals surface area contributed by atoms with Gasteiger partial charge in [0.1, 0.15) is 4.47 Å². The van der Waals surface area contributed by atoms with Crippen LogP contribution in [0.1, 0.15) is 13.3 Å². The van der Waals surface area contributed by atoms with E-state index < -0.39 is 0 Å². The monoisotopic (exact) mass is 271 g/mol. The molecule has 0 radical (unpaired) electrons. The van der Waals surface area contributed by atoms with E-state index in [9.17, 15) is 4.79 Å². The van der Waals surface area contributed by atoms with Gasteiger partial charge in [0.25, 0.3) is 5.56 Å². The Morgan fingerprint density at radius 2 is 2.47 bits per heavy atom. The molecule has 0 amide bonds. The van der Waals surface area contributed by atoms with Crippen molar-refractivity contribution in [1.29, 1.82) is 0 Å². The Bertz CT molecular complexity index is 400. The van der Waals surface area contributed by atoms with E-state index in [1.165, 1.54) is 4.68 Å². The Morgan fingerprint density at radius 3 is 3.07 bits per heavy atom. The van der Waals surface area contributed by atoms with Crippen molar-refractivity contribution >= 4 is 21.6 Å². The highest BCUT2D eigenvalue weighted by atomic mass is 79.9. The van der Waals surface area contributed by atoms with Crippen LogP contribution in [0.25, 0.3) is 0 Å². The van der Waals surface area contributed by atoms with E-state index in [0.29, 0.717) is 11.0 Å². The van der Waals surface area contributed by atoms with Crippen LogP contribution in [-0.4, -0.2) is 16.3 Å². The number of allylic oxidation sites excluding steroid dienone is 1. The summed E-state index contributed by atoms with van der Waals surface area (Å²) in [6.45, 7) is 6.88. The van der Waals surface area contributed by atoms with Crippen molar-refractivity contribution in [2.45, 2.75) is 19.9 Å². The maximum atomic E-state index is 11.7. The van der Waals surface area contributed by atoms with Crippen molar-refractivity contribution in [3.05, 3.63) is 33.7 Å². The fraction of sp³-hybridized carbons (Fsp3) is 0.400. The molecule has 0 fully saturated rings. The van der Waals surface area contributed by atoms with Crippen molar-refractivity contribution < 1.29 is 0 Å². The molecule has 1 heterocycles. The molecule has 0 saturated heterocycles. The summed E-state index contributed by atoms with van der Waals surface area (Å²) in [6, 6.07) is 0. The van der Waals surface area contributed by atoms with E-state index in [4.69, 9.17) is 0 Å². The average Bonchev–Trinajstić information content (AvgIpc) is 2.24. The molecule has 15 heavy (non-hydrogen) atoms. The SMILES string of the molecule is C=CCn1ncc(NCCC)c(Br)c1=O. The van der Waals surface area contributed by atoms with Gasteiger partial charge in [-0.25, -0.2) is 4.68 Å². The maximum Gasteiger partial charge on any atom is 0.283 e. The highest BCUT2D eigenvalue weighted by molar-refractivity contribution is 9.10. The van der Waals surface area contributed by atoms with Crippen LogP contribution in [0, 0.1) is 0 Å². The first kappa shape index (κ1) is 12.0. The van der Waals surface area contributed by atoms with Crippen molar-refractivity contribution in [3.63, 3.8) is 0 Å². The number of hydrogen-bond donors (Lipinski definition) is 1. The van der Waals surface area contributed by atoms with Gasteiger partial charge in [-0.3, -0.25) is 4.79 Å². The molecule has 82 valence electrons. The molecule has 5 heteroatoms. The summed E-state index contributed by atoms with van der Waals surface area (Å²) in [5, 5.41) is 7.15. The predicted molar refractivity (Wildman–Crippen MR) is 65.2 cm³/mol. The third-order valence-corrected chi connectivity index (χ3v) is 2.62. The first-order valence-corrected chi connectivity index (χ1v) is 5.60. The summed E-state index contributed by atoms with van der Waals surface area (Å²) < 4.78 is 1.88. The van der Waals surface area contributed by atoms with Crippen LogP contribution < -0.4 is 10.9 Å². The van der Waals surface area contributed by atoms with Crippen LogP contribution in [0.4, 0.5) is 5.69 Å². The van der Waals surface area contributed by atoms with Crippen LogP contribution in [0.5, 0.6) is 0 Å². The zero-order valence-electron chi connectivity index (χ0n) is 8.66. The van der Waals surface area contributed by atoms with Crippen molar-refractivity contribution in [2.75, 3.05) is 11.9 Å². The van der Waals surface area contributed by atoms with Gasteiger partial charge in [-0.1, -0.05) is 13.0 Å². The molecular weight excluding hydrogens is 258 g/mol. The number of nitrogens with one attached hydrogen (secondary N) is 1. The van der Waals surface area contributed by atoms with E-state index in [2.05, 4.69) is 39.8 Å². The number of nitrogens with zero attached hydrogens (tertiary/aromatic N) is 2. The minimum atomic E-state index is -0.143. The fourth-order valence-electron chi connectivity index (χ4n) is 1.10. The van der Waals surface area contributed by atoms with E-state index in [0.717, 1.165) is 18.7 Å². The number of aromatic nitrogens is 2. The van der Waals surface area contributed by atoms with Crippen molar-refractivity contribution in [3.8, 4) is 0 Å². The first-order chi connectivity index (χ1) is 7.20. The van der Waals surface area contributed by atoms with Crippen molar-refractivity contribution in [2.24, 2.45) is 0 Å². The van der Waals surface area contributed by atoms with Gasteiger partial charge in [0.05, 0.1) is 18.4 Å². The zero-order chi connectivity index (χ0) is 11.3. The standard InChI is InChI=1S/C10H14BrN3O/c1-3-5-12-8-7-13-14(6-4-2)10(15)9(8)11/h4,7,12H,2-3,5-6H2,1H3. The molecule has 0 unspecified atom stereocenters. The largest absolute Gasteiger partial charge is 0.383 e. The molecular formula is C10H14BrN3O. The molecule has 0 aromatic carbocycles. The maximum absolute atomic E-state index is 11.7. The third kappa shape index (κ3) is 2.92. The van der Waals surface area contributed by atoms with Gasteiger partial charge in [0, 0.05) is 6.54 Å². The number of rotatable bonds is 5. The second-order valence-corrected chi connectivity index (χ2v) is 3.87. The van der Waals surface area contributed by atoms with Crippen LogP contribution in [0.3, 0.4) is 0 Å². The quantitative estimate of drug-likeness (QED) is 0.834. The summed E-state index contributed by atoms with van der Waals surface area (Å²) in [5.41, 5.74) is 0.596. The van der Waals surface area contributed by atoms with Gasteiger partial charge in [-0.2, -0.15) is 5.10 Å². The lowest BCUT2D eigenvalue weighted by Gasteiger charge is -2.08. The highest BCUT2D eigenvalue weighted by Gasteiger charge is 2.06. The molecule has 4 nitrogen and oxygen atoms in total. The Balaban J connectivity index is 2.99. The summed E-state index contributed by atoms with van der Waals surface area (Å²) in [4.78, 5) is 11.7. The fourth-order valence-corrected chi connectivity index (χ4v) is 1.55. The van der Waals surface area contributed by atoms with Gasteiger partial charge in [-0.15, -0.1) is 6.58 Å². The Hall–Kier alpha value is -1.10. The first-order valence-electron chi connectivity index (χ1n) is 4.81. The van der Waals surface area contributed by atoms with Gasteiger partial charge in [0.15, 0.2) is 0 Å². The molecule has 1 rings (SSSR count). The third-order valence-electron chi connectivity index (χ3n) is 1.85. The molecule has 0 aliphatic heterocycles. The average molecular weight is 272 g/mol. The molecule has 0 aliphatic rings. The second kappa shape index (κ2) is 5.70. The number of halogens is 1. The van der Waals surface area contributed by atoms with Gasteiger partial charge >= 0.3 is 0 Å². The number of hydrogen-bond acceptors (Lipinski definition) is 3. The second-order valence-electron chi connectivity index (χ2n) is 3.07. The highest BCUT2D eigenvalue weighted by Crippen LogP contribution is 2.15. The summed E-state index contributed by atoms with van der Waals surface area (Å²) >= 11 is 3.26. The predicted octanol–water partition coefficient (Wildman–Crippen LogP) is 2.01. The van der Waals surface area contributed by atoms with E-state index in [1.807, 2.05) is 0 Å². The van der Waals surface area contributed by atoms with E-state index in [-0.39, 0.29) is 5.56 Å². The van der Waals surface area contributed by atoms with Gasteiger partial charge in [0.2, 0.25) is 0 Å². The van der Waals surface area contributed by atoms with E-state index >= 15 is 0 Å². The van der Waals surface area contributed by atoms with Gasteiger partial charge < -0.3 is 5.32 Å². The molecule has 1 aromatic rings. The van der Waals surface area contributed by atoms with Crippen LogP contribution in [-0.2, 0) is 6.54 Å². The number of anilines is 1. The topological polar surface area (TPSA) is 46.9 Å². The van der Waals surface area contributed by atoms with E-state index in [1.54, 1.807) is 12.3 Å². The van der Waals surface area contributed by atoms with Gasteiger partial charge in [-0.05, 0) is 22.4 Å². The normalized spacial score (nSPS) is 10.0. The Kier molecular flexibility index (Phi) is 4.55. The smallest absolute Gasteiger partial charge is 0.283 e. The Morgan fingerprint density at radius 1 is 1.73 bits per heavy atom. The Labute approximate surface area is 97.1 Å². The lowest BCUT2D eigenvalue weighted by molar-refractivity contribution is 0.649. The van der Waals surface area contributed by atoms with Crippen molar-refractivity contribution in [1.82, 2.24) is 9.78 Å². The lowest BCUT2D eigenvalue weighted by Crippen LogP contribution is -2.24. The molecule has 0 saturated carbocycles. The molecule has 0 spiro atoms. The zero-order valence-corrected chi connectivity index (χ0v) is 10.2. The molecule has 1 aromatic heterocycles. The summed E-state index contributed by atoms with van der Waals surface area (Å²) in [5.74, 6) is 0.